The molecule has 14 heavy (non-hydrogen) atoms. The molecule has 0 saturated heterocycles. The Balaban J connectivity index is 2.99. The summed E-state index contributed by atoms with van der Waals surface area (Å²) in [7, 11) is 0.270. The molecule has 0 fully saturated rings. The van der Waals surface area contributed by atoms with Crippen LogP contribution in [0.1, 0.15) is 0 Å². The minimum atomic E-state index is -1.26. The highest BCUT2D eigenvalue weighted by atomic mass is 32.2. The van der Waals surface area contributed by atoms with Crippen molar-refractivity contribution in [3.63, 3.8) is 0 Å². The number of methoxy groups -OCH3 is 1. The highest BCUT2D eigenvalue weighted by Crippen LogP contribution is 2.22. The first kappa shape index (κ1) is 11.0. The van der Waals surface area contributed by atoms with Crippen LogP contribution in [0.3, 0.4) is 0 Å². The lowest BCUT2D eigenvalue weighted by atomic mass is 10.3. The fourth-order valence-corrected chi connectivity index (χ4v) is 2.00. The van der Waals surface area contributed by atoms with Gasteiger partial charge in [-0.3, -0.25) is 4.21 Å². The van der Waals surface area contributed by atoms with Crippen LogP contribution < -0.4 is 10.5 Å². The van der Waals surface area contributed by atoms with Crippen molar-refractivity contribution in [3.8, 4) is 5.75 Å². The Hall–Kier alpha value is -1.07. The summed E-state index contributed by atoms with van der Waals surface area (Å²) in [6.45, 7) is -0.122. The Morgan fingerprint density at radius 2 is 2.29 bits per heavy atom. The molecule has 0 spiro atoms. The fraction of sp³-hybridized carbons (Fsp3) is 0.333. The minimum absolute atomic E-state index is 0.122. The summed E-state index contributed by atoms with van der Waals surface area (Å²) in [6.07, 6.45) is 0. The van der Waals surface area contributed by atoms with Gasteiger partial charge in [-0.25, -0.2) is 0 Å². The number of ether oxygens (including phenoxy) is 1. The molecule has 0 amide bonds. The van der Waals surface area contributed by atoms with E-state index in [4.69, 9.17) is 15.6 Å². The number of benzene rings is 1. The number of aliphatic hydroxyl groups excluding tert-OH is 1. The molecule has 0 bridgehead atoms. The number of anilines is 1. The van der Waals surface area contributed by atoms with E-state index >= 15 is 0 Å². The van der Waals surface area contributed by atoms with Crippen molar-refractivity contribution in [2.24, 2.45) is 0 Å². The van der Waals surface area contributed by atoms with E-state index in [1.54, 1.807) is 18.2 Å². The van der Waals surface area contributed by atoms with E-state index in [0.29, 0.717) is 16.3 Å². The van der Waals surface area contributed by atoms with E-state index in [1.807, 2.05) is 0 Å². The van der Waals surface area contributed by atoms with Crippen LogP contribution in [-0.4, -0.2) is 28.8 Å². The van der Waals surface area contributed by atoms with E-state index in [0.717, 1.165) is 0 Å². The molecule has 78 valence electrons. The summed E-state index contributed by atoms with van der Waals surface area (Å²) >= 11 is 0. The highest BCUT2D eigenvalue weighted by Gasteiger charge is 2.08. The van der Waals surface area contributed by atoms with E-state index < -0.39 is 10.8 Å². The van der Waals surface area contributed by atoms with E-state index in [2.05, 4.69) is 0 Å². The third-order valence-corrected chi connectivity index (χ3v) is 3.14. The van der Waals surface area contributed by atoms with Crippen LogP contribution >= 0.6 is 0 Å². The molecule has 1 aromatic rings. The quantitative estimate of drug-likeness (QED) is 0.712. The molecular weight excluding hydrogens is 202 g/mol. The maximum absolute atomic E-state index is 11.5. The van der Waals surface area contributed by atoms with Gasteiger partial charge in [-0.15, -0.1) is 0 Å². The van der Waals surface area contributed by atoms with Gasteiger partial charge in [0.2, 0.25) is 0 Å². The van der Waals surface area contributed by atoms with Crippen LogP contribution in [0, 0.1) is 0 Å². The molecule has 0 radical (unpaired) electrons. The topological polar surface area (TPSA) is 72.5 Å². The first-order valence-electron chi connectivity index (χ1n) is 4.11. The normalized spacial score (nSPS) is 12.4. The molecule has 0 heterocycles. The maximum Gasteiger partial charge on any atom is 0.120 e. The molecule has 0 aliphatic carbocycles. The van der Waals surface area contributed by atoms with Crippen LogP contribution in [-0.2, 0) is 10.8 Å². The number of hydrogen-bond acceptors (Lipinski definition) is 4. The van der Waals surface area contributed by atoms with Gasteiger partial charge in [0, 0.05) is 5.69 Å². The van der Waals surface area contributed by atoms with Crippen molar-refractivity contribution >= 4 is 16.5 Å². The Morgan fingerprint density at radius 1 is 1.57 bits per heavy atom. The highest BCUT2D eigenvalue weighted by molar-refractivity contribution is 7.85. The van der Waals surface area contributed by atoms with Gasteiger partial charge in [0.1, 0.15) is 5.75 Å². The smallest absolute Gasteiger partial charge is 0.120 e. The van der Waals surface area contributed by atoms with Crippen molar-refractivity contribution in [1.82, 2.24) is 0 Å². The standard InChI is InChI=1S/C9H13NO3S/c1-13-7-2-3-8(10)9(6-7)14(12)5-4-11/h2-3,6,11H,4-5,10H2,1H3. The number of nitrogens with two attached hydrogens (primary N) is 1. The second-order valence-electron chi connectivity index (χ2n) is 2.68. The average Bonchev–Trinajstić information content (AvgIpc) is 2.19. The monoisotopic (exact) mass is 215 g/mol. The number of hydrogen-bond donors (Lipinski definition) is 2. The van der Waals surface area contributed by atoms with Crippen LogP contribution in [0.2, 0.25) is 0 Å². The molecule has 0 saturated carbocycles. The first-order valence-corrected chi connectivity index (χ1v) is 5.43. The number of aliphatic hydroxyl groups is 1. The zero-order valence-electron chi connectivity index (χ0n) is 7.90. The largest absolute Gasteiger partial charge is 0.497 e. The molecule has 1 atom stereocenters. The summed E-state index contributed by atoms with van der Waals surface area (Å²) in [5.74, 6) is 0.803. The van der Waals surface area contributed by atoms with E-state index in [9.17, 15) is 4.21 Å². The van der Waals surface area contributed by atoms with Gasteiger partial charge in [-0.2, -0.15) is 0 Å². The summed E-state index contributed by atoms with van der Waals surface area (Å²) in [5.41, 5.74) is 6.10. The third-order valence-electron chi connectivity index (χ3n) is 1.74. The van der Waals surface area contributed by atoms with Gasteiger partial charge in [0.05, 0.1) is 35.2 Å². The predicted octanol–water partition coefficient (Wildman–Crippen LogP) is 0.377. The zero-order valence-corrected chi connectivity index (χ0v) is 8.71. The molecule has 4 nitrogen and oxygen atoms in total. The van der Waals surface area contributed by atoms with Crippen LogP contribution in [0.5, 0.6) is 5.75 Å². The van der Waals surface area contributed by atoms with Crippen molar-refractivity contribution in [2.45, 2.75) is 4.90 Å². The number of rotatable bonds is 4. The molecular formula is C9H13NO3S. The van der Waals surface area contributed by atoms with Crippen LogP contribution in [0.4, 0.5) is 5.69 Å². The predicted molar refractivity (Wildman–Crippen MR) is 55.8 cm³/mol. The van der Waals surface area contributed by atoms with Crippen LogP contribution in [0.15, 0.2) is 23.1 Å². The Kier molecular flexibility index (Phi) is 3.91. The van der Waals surface area contributed by atoms with Gasteiger partial charge in [0.15, 0.2) is 0 Å². The SMILES string of the molecule is COc1ccc(N)c(S(=O)CCO)c1. The molecule has 0 aliphatic rings. The zero-order chi connectivity index (χ0) is 10.6. The Morgan fingerprint density at radius 3 is 2.86 bits per heavy atom. The maximum atomic E-state index is 11.5. The summed E-state index contributed by atoms with van der Waals surface area (Å²) in [6, 6.07) is 4.97. The number of nitrogen functional groups attached to an aromatic ring is 1. The third kappa shape index (κ3) is 2.46. The Bertz CT molecular complexity index is 341. The summed E-state index contributed by atoms with van der Waals surface area (Å²) in [4.78, 5) is 0.512. The minimum Gasteiger partial charge on any atom is -0.497 e. The lowest BCUT2D eigenvalue weighted by Crippen LogP contribution is -2.05. The van der Waals surface area contributed by atoms with Gasteiger partial charge >= 0.3 is 0 Å². The molecule has 1 aromatic carbocycles. The summed E-state index contributed by atoms with van der Waals surface area (Å²) in [5, 5.41) is 8.65. The van der Waals surface area contributed by atoms with Gasteiger partial charge < -0.3 is 15.6 Å². The van der Waals surface area contributed by atoms with Crippen LogP contribution in [0.25, 0.3) is 0 Å². The molecule has 0 aliphatic heterocycles. The van der Waals surface area contributed by atoms with E-state index in [1.165, 1.54) is 7.11 Å². The molecule has 1 rings (SSSR count). The summed E-state index contributed by atoms with van der Waals surface area (Å²) < 4.78 is 16.5. The van der Waals surface area contributed by atoms with Crippen molar-refractivity contribution < 1.29 is 14.1 Å². The van der Waals surface area contributed by atoms with Gasteiger partial charge in [0.25, 0.3) is 0 Å². The Labute approximate surface area is 85.1 Å². The molecule has 1 unspecified atom stereocenters. The second-order valence-corrected chi connectivity index (χ2v) is 4.22. The van der Waals surface area contributed by atoms with Gasteiger partial charge in [-0.1, -0.05) is 0 Å². The average molecular weight is 215 g/mol. The fourth-order valence-electron chi connectivity index (χ4n) is 1.03. The lowest BCUT2D eigenvalue weighted by molar-refractivity contribution is 0.321. The molecule has 0 aromatic heterocycles. The van der Waals surface area contributed by atoms with Crippen molar-refractivity contribution in [2.75, 3.05) is 25.2 Å². The van der Waals surface area contributed by atoms with Gasteiger partial charge in [-0.05, 0) is 18.2 Å². The molecule has 3 N–H and O–H groups in total. The van der Waals surface area contributed by atoms with Crippen molar-refractivity contribution in [3.05, 3.63) is 18.2 Å². The molecule has 5 heteroatoms. The lowest BCUT2D eigenvalue weighted by Gasteiger charge is -2.06. The second kappa shape index (κ2) is 4.97. The first-order chi connectivity index (χ1) is 6.69. The van der Waals surface area contributed by atoms with Crippen molar-refractivity contribution in [1.29, 1.82) is 0 Å². The van der Waals surface area contributed by atoms with E-state index in [-0.39, 0.29) is 12.4 Å².